The van der Waals surface area contributed by atoms with Crippen molar-refractivity contribution in [1.29, 1.82) is 0 Å². The molecule has 4 rings (SSSR count). The van der Waals surface area contributed by atoms with Crippen LogP contribution in [0.4, 0.5) is 0 Å². The molecule has 0 saturated heterocycles. The first kappa shape index (κ1) is 20.2. The fraction of sp³-hybridized carbons (Fsp3) is 0.522. The molecule has 1 aromatic carbocycles. The van der Waals surface area contributed by atoms with Crippen LogP contribution in [0.1, 0.15) is 68.2 Å². The van der Waals surface area contributed by atoms with Gasteiger partial charge in [-0.1, -0.05) is 73.9 Å². The van der Waals surface area contributed by atoms with Crippen LogP contribution < -0.4 is 5.32 Å². The zero-order chi connectivity index (χ0) is 20.1. The van der Waals surface area contributed by atoms with E-state index >= 15 is 0 Å². The average Bonchev–Trinajstić information content (AvgIpc) is 3.49. The van der Waals surface area contributed by atoms with Crippen molar-refractivity contribution >= 4 is 17.7 Å². The third-order valence-corrected chi connectivity index (χ3v) is 6.93. The van der Waals surface area contributed by atoms with Crippen molar-refractivity contribution in [2.24, 2.45) is 0 Å². The molecule has 2 saturated carbocycles. The molecule has 1 aromatic heterocycles. The fourth-order valence-electron chi connectivity index (χ4n) is 4.35. The minimum Gasteiger partial charge on any atom is -0.353 e. The molecule has 29 heavy (non-hydrogen) atoms. The monoisotopic (exact) mass is 410 g/mol. The molecule has 2 aromatic rings. The second kappa shape index (κ2) is 9.61. The number of nitrogens with one attached hydrogen (secondary N) is 1. The van der Waals surface area contributed by atoms with Crippen LogP contribution in [0, 0.1) is 0 Å². The van der Waals surface area contributed by atoms with Gasteiger partial charge in [-0.2, -0.15) is 0 Å². The minimum atomic E-state index is 0.102. The van der Waals surface area contributed by atoms with Gasteiger partial charge >= 0.3 is 0 Å². The van der Waals surface area contributed by atoms with E-state index in [2.05, 4.69) is 57.0 Å². The van der Waals surface area contributed by atoms with Gasteiger partial charge in [-0.25, -0.2) is 0 Å². The molecule has 5 nitrogen and oxygen atoms in total. The summed E-state index contributed by atoms with van der Waals surface area (Å²) in [5.74, 6) is 2.42. The lowest BCUT2D eigenvalue weighted by Crippen LogP contribution is -2.35. The summed E-state index contributed by atoms with van der Waals surface area (Å²) >= 11 is 1.48. The van der Waals surface area contributed by atoms with Gasteiger partial charge in [0, 0.05) is 18.5 Å². The second-order valence-electron chi connectivity index (χ2n) is 8.14. The summed E-state index contributed by atoms with van der Waals surface area (Å²) in [5.41, 5.74) is 1.36. The molecule has 0 radical (unpaired) electrons. The second-order valence-corrected chi connectivity index (χ2v) is 9.09. The summed E-state index contributed by atoms with van der Waals surface area (Å²) in [7, 11) is 0. The Morgan fingerprint density at radius 2 is 1.90 bits per heavy atom. The van der Waals surface area contributed by atoms with Crippen LogP contribution in [0.25, 0.3) is 0 Å². The summed E-state index contributed by atoms with van der Waals surface area (Å²) < 4.78 is 2.13. The lowest BCUT2D eigenvalue weighted by molar-refractivity contribution is -0.119. The molecular weight excluding hydrogens is 380 g/mol. The molecule has 2 aliphatic rings. The van der Waals surface area contributed by atoms with E-state index in [1.807, 2.05) is 6.08 Å². The highest BCUT2D eigenvalue weighted by atomic mass is 32.2. The summed E-state index contributed by atoms with van der Waals surface area (Å²) in [5, 5.41) is 12.9. The number of aromatic nitrogens is 3. The van der Waals surface area contributed by atoms with Crippen LogP contribution in [-0.4, -0.2) is 32.5 Å². The van der Waals surface area contributed by atoms with Crippen LogP contribution in [-0.2, 0) is 11.3 Å². The number of amides is 1. The molecule has 2 unspecified atom stereocenters. The first-order valence-corrected chi connectivity index (χ1v) is 11.8. The quantitative estimate of drug-likeness (QED) is 0.390. The first-order chi connectivity index (χ1) is 14.3. The van der Waals surface area contributed by atoms with E-state index in [1.54, 1.807) is 0 Å². The number of hydrogen-bond donors (Lipinski definition) is 1. The molecule has 2 aliphatic carbocycles. The predicted molar refractivity (Wildman–Crippen MR) is 117 cm³/mol. The number of carbonyl (C=O) groups is 1. The van der Waals surface area contributed by atoms with Gasteiger partial charge in [0.2, 0.25) is 5.91 Å². The Balaban J connectivity index is 1.37. The largest absolute Gasteiger partial charge is 0.353 e. The Labute approximate surface area is 177 Å². The Morgan fingerprint density at radius 3 is 2.62 bits per heavy atom. The molecule has 2 fully saturated rings. The Bertz CT molecular complexity index is 827. The minimum absolute atomic E-state index is 0.102. The van der Waals surface area contributed by atoms with E-state index in [-0.39, 0.29) is 5.91 Å². The fourth-order valence-corrected chi connectivity index (χ4v) is 5.12. The summed E-state index contributed by atoms with van der Waals surface area (Å²) in [6, 6.07) is 10.9. The Hall–Kier alpha value is -2.08. The highest BCUT2D eigenvalue weighted by Crippen LogP contribution is 2.54. The third-order valence-electron chi connectivity index (χ3n) is 5.96. The van der Waals surface area contributed by atoms with E-state index in [9.17, 15) is 4.79 Å². The smallest absolute Gasteiger partial charge is 0.230 e. The third kappa shape index (κ3) is 5.10. The molecule has 0 bridgehead atoms. The number of hydrogen-bond acceptors (Lipinski definition) is 4. The van der Waals surface area contributed by atoms with E-state index in [4.69, 9.17) is 0 Å². The van der Waals surface area contributed by atoms with Gasteiger partial charge in [0.25, 0.3) is 0 Å². The molecule has 2 atom stereocenters. The summed E-state index contributed by atoms with van der Waals surface area (Å²) in [4.78, 5) is 12.4. The molecule has 1 amide bonds. The van der Waals surface area contributed by atoms with Crippen LogP contribution >= 0.6 is 11.8 Å². The van der Waals surface area contributed by atoms with Gasteiger partial charge in [-0.15, -0.1) is 16.8 Å². The number of nitrogens with zero attached hydrogens (tertiary/aromatic N) is 3. The van der Waals surface area contributed by atoms with Gasteiger partial charge < -0.3 is 9.88 Å². The van der Waals surface area contributed by atoms with Gasteiger partial charge in [0.05, 0.1) is 5.75 Å². The number of rotatable bonds is 8. The SMILES string of the molecule is C=CCn1c(SCC(=O)NC2CCCCCC2)nnc1C1CC1c1ccccc1. The highest BCUT2D eigenvalue weighted by molar-refractivity contribution is 7.99. The standard InChI is InChI=1S/C23H30N4OS/c1-2-14-27-22(20-15-19(20)17-10-6-5-7-11-17)25-26-23(27)29-16-21(28)24-18-12-8-3-4-9-13-18/h2,5-7,10-11,18-20H,1,3-4,8-9,12-16H2,(H,24,28). The van der Waals surface area contributed by atoms with Crippen molar-refractivity contribution < 1.29 is 4.79 Å². The van der Waals surface area contributed by atoms with Crippen molar-refractivity contribution in [3.05, 3.63) is 54.4 Å². The van der Waals surface area contributed by atoms with Crippen molar-refractivity contribution in [2.45, 2.75) is 74.5 Å². The molecule has 6 heteroatoms. The van der Waals surface area contributed by atoms with Crippen LogP contribution in [0.15, 0.2) is 48.1 Å². The van der Waals surface area contributed by atoms with Crippen LogP contribution in [0.5, 0.6) is 0 Å². The maximum atomic E-state index is 12.4. The Kier molecular flexibility index (Phi) is 6.70. The number of carbonyl (C=O) groups excluding carboxylic acids is 1. The van der Waals surface area contributed by atoms with Gasteiger partial charge in [-0.3, -0.25) is 4.79 Å². The highest BCUT2D eigenvalue weighted by Gasteiger charge is 2.43. The van der Waals surface area contributed by atoms with Crippen molar-refractivity contribution in [2.75, 3.05) is 5.75 Å². The number of allylic oxidation sites excluding steroid dienone is 1. The number of benzene rings is 1. The molecule has 0 spiro atoms. The first-order valence-electron chi connectivity index (χ1n) is 10.8. The number of thioether (sulfide) groups is 1. The van der Waals surface area contributed by atoms with Crippen molar-refractivity contribution in [3.8, 4) is 0 Å². The van der Waals surface area contributed by atoms with Gasteiger partial charge in [0.15, 0.2) is 5.16 Å². The maximum Gasteiger partial charge on any atom is 0.230 e. The summed E-state index contributed by atoms with van der Waals surface area (Å²) in [6.07, 6.45) is 10.2. The lowest BCUT2D eigenvalue weighted by atomic mass is 10.1. The van der Waals surface area contributed by atoms with Crippen molar-refractivity contribution in [3.63, 3.8) is 0 Å². The van der Waals surface area contributed by atoms with Crippen LogP contribution in [0.2, 0.25) is 0 Å². The molecular formula is C23H30N4OS. The molecule has 154 valence electrons. The van der Waals surface area contributed by atoms with E-state index in [1.165, 1.54) is 43.0 Å². The normalized spacial score (nSPS) is 22.1. The molecule has 1 heterocycles. The van der Waals surface area contributed by atoms with Gasteiger partial charge in [-0.05, 0) is 30.7 Å². The van der Waals surface area contributed by atoms with E-state index in [0.29, 0.717) is 30.2 Å². The molecule has 0 aliphatic heterocycles. The van der Waals surface area contributed by atoms with Gasteiger partial charge in [0.1, 0.15) is 5.82 Å². The average molecular weight is 411 g/mol. The van der Waals surface area contributed by atoms with Crippen LogP contribution in [0.3, 0.4) is 0 Å². The lowest BCUT2D eigenvalue weighted by Gasteiger charge is -2.16. The van der Waals surface area contributed by atoms with E-state index < -0.39 is 0 Å². The summed E-state index contributed by atoms with van der Waals surface area (Å²) in [6.45, 7) is 4.56. The Morgan fingerprint density at radius 1 is 1.14 bits per heavy atom. The molecule has 1 N–H and O–H groups in total. The zero-order valence-electron chi connectivity index (χ0n) is 16.9. The maximum absolute atomic E-state index is 12.4. The topological polar surface area (TPSA) is 59.8 Å². The van der Waals surface area contributed by atoms with E-state index in [0.717, 1.165) is 30.2 Å². The predicted octanol–water partition coefficient (Wildman–Crippen LogP) is 4.67. The van der Waals surface area contributed by atoms with Crippen molar-refractivity contribution in [1.82, 2.24) is 20.1 Å². The zero-order valence-corrected chi connectivity index (χ0v) is 17.7.